The van der Waals surface area contributed by atoms with Crippen LogP contribution in [0.25, 0.3) is 0 Å². The molecule has 11 heteroatoms. The Balaban J connectivity index is 4.36. The number of aliphatic hydroxyl groups is 2. The number of phosphoric ester groups is 1. The van der Waals surface area contributed by atoms with Crippen molar-refractivity contribution in [1.29, 1.82) is 0 Å². The minimum Gasteiger partial charge on any atom is -0.462 e. The van der Waals surface area contributed by atoms with Gasteiger partial charge in [0, 0.05) is 12.8 Å². The fraction of sp³-hybridized carbons (Fsp3) is 0.810. The fourth-order valence-corrected chi connectivity index (χ4v) is 6.30. The Kier molecular flexibility index (Phi) is 37.2. The van der Waals surface area contributed by atoms with Crippen LogP contribution in [-0.4, -0.2) is 65.7 Å². The first-order valence-corrected chi connectivity index (χ1v) is 22.4. The zero-order chi connectivity index (χ0) is 39.1. The van der Waals surface area contributed by atoms with Crippen LogP contribution in [0.5, 0.6) is 0 Å². The van der Waals surface area contributed by atoms with Crippen molar-refractivity contribution < 1.29 is 47.8 Å². The van der Waals surface area contributed by atoms with Crippen LogP contribution in [0.1, 0.15) is 181 Å². The largest absolute Gasteiger partial charge is 0.472 e. The number of hydrogen-bond acceptors (Lipinski definition) is 9. The van der Waals surface area contributed by atoms with Crippen LogP contribution in [0.15, 0.2) is 36.5 Å². The van der Waals surface area contributed by atoms with Crippen LogP contribution in [0.2, 0.25) is 0 Å². The van der Waals surface area contributed by atoms with Crippen LogP contribution in [0, 0.1) is 0 Å². The number of allylic oxidation sites excluding steroid dienone is 6. The molecule has 3 N–H and O–H groups in total. The van der Waals surface area contributed by atoms with Gasteiger partial charge in [-0.2, -0.15) is 0 Å². The topological polar surface area (TPSA) is 149 Å². The molecule has 0 aromatic carbocycles. The summed E-state index contributed by atoms with van der Waals surface area (Å²) < 4.78 is 32.6. The number of carbonyl (C=O) groups excluding carboxylic acids is 2. The normalized spacial score (nSPS) is 14.3. The summed E-state index contributed by atoms with van der Waals surface area (Å²) in [6.07, 6.45) is 38.4. The third-order valence-electron chi connectivity index (χ3n) is 8.78. The summed E-state index contributed by atoms with van der Waals surface area (Å²) in [4.78, 5) is 34.9. The Morgan fingerprint density at radius 2 is 1.02 bits per heavy atom. The molecule has 0 rings (SSSR count). The van der Waals surface area contributed by atoms with E-state index in [9.17, 15) is 24.2 Å². The van der Waals surface area contributed by atoms with E-state index in [1.165, 1.54) is 103 Å². The number of phosphoric acid groups is 1. The van der Waals surface area contributed by atoms with Crippen LogP contribution < -0.4 is 0 Å². The first kappa shape index (κ1) is 51.2. The lowest BCUT2D eigenvalue weighted by Crippen LogP contribution is -2.29. The van der Waals surface area contributed by atoms with E-state index >= 15 is 0 Å². The highest BCUT2D eigenvalue weighted by Crippen LogP contribution is 2.43. The lowest BCUT2D eigenvalue weighted by atomic mass is 10.1. The monoisotopic (exact) mass is 773 g/mol. The van der Waals surface area contributed by atoms with Crippen molar-refractivity contribution in [3.05, 3.63) is 36.5 Å². The number of ether oxygens (including phenoxy) is 2. The Morgan fingerprint density at radius 3 is 1.55 bits per heavy atom. The van der Waals surface area contributed by atoms with Gasteiger partial charge in [0.2, 0.25) is 0 Å². The number of carbonyl (C=O) groups is 2. The second-order valence-corrected chi connectivity index (χ2v) is 15.5. The molecule has 310 valence electrons. The predicted octanol–water partition coefficient (Wildman–Crippen LogP) is 10.8. The highest BCUT2D eigenvalue weighted by Gasteiger charge is 2.27. The third-order valence-corrected chi connectivity index (χ3v) is 9.73. The molecule has 0 radical (unpaired) electrons. The lowest BCUT2D eigenvalue weighted by Gasteiger charge is -2.20. The highest BCUT2D eigenvalue weighted by molar-refractivity contribution is 7.47. The van der Waals surface area contributed by atoms with Crippen LogP contribution >= 0.6 is 7.82 Å². The first-order chi connectivity index (χ1) is 25.7. The summed E-state index contributed by atoms with van der Waals surface area (Å²) >= 11 is 0. The van der Waals surface area contributed by atoms with Crippen molar-refractivity contribution in [2.24, 2.45) is 0 Å². The van der Waals surface area contributed by atoms with E-state index in [4.69, 9.17) is 19.1 Å². The van der Waals surface area contributed by atoms with E-state index in [1.807, 2.05) is 12.2 Å². The molecular formula is C42H77O10P. The van der Waals surface area contributed by atoms with Gasteiger partial charge in [0.05, 0.1) is 19.8 Å². The molecule has 0 heterocycles. The van der Waals surface area contributed by atoms with Crippen molar-refractivity contribution in [2.45, 2.75) is 193 Å². The standard InChI is InChI=1S/C42H77O10P/c1-3-5-7-9-11-13-15-17-18-19-20-22-23-25-27-29-31-33-41(45)49-37-40(38-51-53(47,48)50-36-39(44)35-43)52-42(46)34-32-30-28-26-24-21-16-14-12-10-8-6-4-2/h17-18,21,24,28,30,39-40,43-44H,3-16,19-20,22-23,25-27,29,31-38H2,1-2H3,(H,47,48)/b18-17+,24-21+,30-28+/t39-,40?/m0/s1. The molecule has 10 nitrogen and oxygen atoms in total. The Hall–Kier alpha value is -1.81. The van der Waals surface area contributed by atoms with Gasteiger partial charge in [-0.25, -0.2) is 4.57 Å². The van der Waals surface area contributed by atoms with E-state index in [1.54, 1.807) is 0 Å². The molecule has 0 spiro atoms. The molecule has 2 unspecified atom stereocenters. The second kappa shape index (κ2) is 38.5. The van der Waals surface area contributed by atoms with Gasteiger partial charge in [-0.15, -0.1) is 0 Å². The van der Waals surface area contributed by atoms with Crippen molar-refractivity contribution >= 4 is 19.8 Å². The van der Waals surface area contributed by atoms with Gasteiger partial charge in [-0.3, -0.25) is 18.6 Å². The van der Waals surface area contributed by atoms with Gasteiger partial charge in [-0.1, -0.05) is 147 Å². The predicted molar refractivity (Wildman–Crippen MR) is 214 cm³/mol. The van der Waals surface area contributed by atoms with Crippen molar-refractivity contribution in [2.75, 3.05) is 26.4 Å². The molecular weight excluding hydrogens is 695 g/mol. The minimum atomic E-state index is -4.63. The molecule has 0 aliphatic carbocycles. The van der Waals surface area contributed by atoms with Crippen LogP contribution in [0.4, 0.5) is 0 Å². The summed E-state index contributed by atoms with van der Waals surface area (Å²) in [5, 5.41) is 18.3. The Labute approximate surface area is 322 Å². The summed E-state index contributed by atoms with van der Waals surface area (Å²) in [5.41, 5.74) is 0. The SMILES string of the molecule is CCCCCCCC/C=C/C/C=C/CCC(=O)OC(COC(=O)CCCCCCCCC/C=C/CCCCCCCC)COP(=O)(O)OC[C@@H](O)CO. The van der Waals surface area contributed by atoms with Crippen LogP contribution in [0.3, 0.4) is 0 Å². The van der Waals surface area contributed by atoms with E-state index < -0.39 is 51.8 Å². The maximum Gasteiger partial charge on any atom is 0.472 e. The molecule has 0 aromatic heterocycles. The van der Waals surface area contributed by atoms with Crippen molar-refractivity contribution in [3.8, 4) is 0 Å². The van der Waals surface area contributed by atoms with E-state index in [2.05, 4.69) is 42.7 Å². The quantitative estimate of drug-likeness (QED) is 0.0238. The maximum atomic E-state index is 12.5. The number of aliphatic hydroxyl groups excluding tert-OH is 2. The molecule has 3 atom stereocenters. The third kappa shape index (κ3) is 38.3. The summed E-state index contributed by atoms with van der Waals surface area (Å²) in [6, 6.07) is 0. The van der Waals surface area contributed by atoms with Gasteiger partial charge in [0.15, 0.2) is 6.10 Å². The fourth-order valence-electron chi connectivity index (χ4n) is 5.51. The van der Waals surface area contributed by atoms with Gasteiger partial charge < -0.3 is 24.6 Å². The zero-order valence-corrected chi connectivity index (χ0v) is 34.4. The van der Waals surface area contributed by atoms with Gasteiger partial charge in [-0.05, 0) is 57.8 Å². The number of rotatable bonds is 39. The second-order valence-electron chi connectivity index (χ2n) is 14.0. The molecule has 0 aliphatic rings. The van der Waals surface area contributed by atoms with E-state index in [0.717, 1.165) is 38.5 Å². The zero-order valence-electron chi connectivity index (χ0n) is 33.5. The number of hydrogen-bond donors (Lipinski definition) is 3. The maximum absolute atomic E-state index is 12.5. The molecule has 0 saturated heterocycles. The number of esters is 2. The summed E-state index contributed by atoms with van der Waals surface area (Å²) in [7, 11) is -4.63. The molecule has 0 fully saturated rings. The van der Waals surface area contributed by atoms with Crippen LogP contribution in [-0.2, 0) is 32.7 Å². The van der Waals surface area contributed by atoms with Gasteiger partial charge in [0.25, 0.3) is 0 Å². The molecule has 0 amide bonds. The highest BCUT2D eigenvalue weighted by atomic mass is 31.2. The minimum absolute atomic E-state index is 0.0777. The van der Waals surface area contributed by atoms with Crippen molar-refractivity contribution in [1.82, 2.24) is 0 Å². The first-order valence-electron chi connectivity index (χ1n) is 20.9. The molecule has 0 aromatic rings. The van der Waals surface area contributed by atoms with Crippen molar-refractivity contribution in [3.63, 3.8) is 0 Å². The van der Waals surface area contributed by atoms with Gasteiger partial charge >= 0.3 is 19.8 Å². The van der Waals surface area contributed by atoms with E-state index in [-0.39, 0.29) is 19.4 Å². The molecule has 0 saturated carbocycles. The smallest absolute Gasteiger partial charge is 0.462 e. The molecule has 0 aliphatic heterocycles. The summed E-state index contributed by atoms with van der Waals surface area (Å²) in [6.45, 7) is 2.29. The average Bonchev–Trinajstić information content (AvgIpc) is 3.14. The Bertz CT molecular complexity index is 983. The average molecular weight is 773 g/mol. The summed E-state index contributed by atoms with van der Waals surface area (Å²) in [5.74, 6) is -1.01. The molecule has 0 bridgehead atoms. The Morgan fingerprint density at radius 1 is 0.566 bits per heavy atom. The molecule has 53 heavy (non-hydrogen) atoms. The van der Waals surface area contributed by atoms with E-state index in [0.29, 0.717) is 12.8 Å². The lowest BCUT2D eigenvalue weighted by molar-refractivity contribution is -0.161. The number of unbranched alkanes of at least 4 members (excludes halogenated alkanes) is 19. The van der Waals surface area contributed by atoms with Gasteiger partial charge in [0.1, 0.15) is 12.7 Å².